The Balaban J connectivity index is 1.99. The summed E-state index contributed by atoms with van der Waals surface area (Å²) >= 11 is 0. The molecule has 1 N–H and O–H groups in total. The number of hydrogen-bond donors (Lipinski definition) is 1. The van der Waals surface area contributed by atoms with Crippen molar-refractivity contribution in [3.8, 4) is 5.75 Å². The van der Waals surface area contributed by atoms with Crippen molar-refractivity contribution < 1.29 is 9.59 Å². The van der Waals surface area contributed by atoms with Crippen molar-refractivity contribution in [2.24, 2.45) is 0 Å². The fraction of sp³-hybridized carbons (Fsp3) is 0.478. The molecule has 0 radical (unpaired) electrons. The number of phenols is 1. The lowest BCUT2D eigenvalue weighted by molar-refractivity contribution is -0.920. The van der Waals surface area contributed by atoms with Crippen molar-refractivity contribution in [3.05, 3.63) is 64.7 Å². The molecule has 0 aliphatic carbocycles. The maximum absolute atomic E-state index is 10.6. The first kappa shape index (κ1) is 18.0. The van der Waals surface area contributed by atoms with Gasteiger partial charge in [0.1, 0.15) is 5.75 Å². The molecule has 2 nitrogen and oxygen atoms in total. The van der Waals surface area contributed by atoms with Crippen LogP contribution in [0.1, 0.15) is 53.9 Å². The third-order valence-electron chi connectivity index (χ3n) is 6.06. The van der Waals surface area contributed by atoms with Gasteiger partial charge in [0.25, 0.3) is 0 Å². The van der Waals surface area contributed by atoms with Crippen LogP contribution in [0.4, 0.5) is 0 Å². The lowest BCUT2D eigenvalue weighted by Gasteiger charge is -2.43. The van der Waals surface area contributed by atoms with Crippen LogP contribution in [-0.4, -0.2) is 36.3 Å². The largest absolute Gasteiger partial charge is 0.508 e. The molecular weight excluding hydrogens is 306 g/mol. The molecule has 0 bridgehead atoms. The molecule has 1 aliphatic rings. The summed E-state index contributed by atoms with van der Waals surface area (Å²) in [5.74, 6) is 0.679. The second-order valence-corrected chi connectivity index (χ2v) is 8.41. The molecule has 1 heterocycles. The third-order valence-corrected chi connectivity index (χ3v) is 6.06. The molecule has 1 aliphatic heterocycles. The van der Waals surface area contributed by atoms with Gasteiger partial charge in [0, 0.05) is 17.9 Å². The van der Waals surface area contributed by atoms with E-state index in [0.717, 1.165) is 16.5 Å². The Morgan fingerprint density at radius 2 is 1.68 bits per heavy atom. The van der Waals surface area contributed by atoms with Gasteiger partial charge in [0.2, 0.25) is 0 Å². The second-order valence-electron chi connectivity index (χ2n) is 8.41. The minimum absolute atomic E-state index is 0.251. The number of quaternary nitrogens is 1. The number of likely N-dealkylation sites (tertiary alicyclic amines) is 1. The van der Waals surface area contributed by atoms with Crippen molar-refractivity contribution in [2.45, 2.75) is 51.5 Å². The molecular formula is C23H32NO+. The molecule has 0 saturated carbocycles. The molecule has 2 aromatic carbocycles. The standard InChI is InChI=1S/C23H31NO/c1-17-8-11-19(12-9-17)21(22-15-18(2)10-13-23(22)25)16-20-7-5-6-14-24(20,3)4/h8-13,15,20-21H,5-7,14,16H2,1-4H3/p+1. The summed E-state index contributed by atoms with van der Waals surface area (Å²) in [7, 11) is 4.73. The summed E-state index contributed by atoms with van der Waals surface area (Å²) in [6.45, 7) is 5.49. The highest BCUT2D eigenvalue weighted by atomic mass is 16.3. The Labute approximate surface area is 152 Å². The Hall–Kier alpha value is -1.80. The van der Waals surface area contributed by atoms with Crippen molar-refractivity contribution >= 4 is 0 Å². The zero-order valence-electron chi connectivity index (χ0n) is 16.1. The Bertz CT molecular complexity index is 717. The van der Waals surface area contributed by atoms with Crippen molar-refractivity contribution in [1.29, 1.82) is 0 Å². The van der Waals surface area contributed by atoms with Crippen LogP contribution in [0, 0.1) is 13.8 Å². The minimum Gasteiger partial charge on any atom is -0.508 e. The average molecular weight is 339 g/mol. The van der Waals surface area contributed by atoms with Crippen LogP contribution in [0.15, 0.2) is 42.5 Å². The van der Waals surface area contributed by atoms with Gasteiger partial charge in [-0.2, -0.15) is 0 Å². The number of phenolic OH excluding ortho intramolecular Hbond substituents is 1. The summed E-state index contributed by atoms with van der Waals surface area (Å²) in [4.78, 5) is 0. The zero-order valence-corrected chi connectivity index (χ0v) is 16.1. The van der Waals surface area contributed by atoms with Crippen molar-refractivity contribution in [1.82, 2.24) is 0 Å². The number of nitrogens with zero attached hydrogens (tertiary/aromatic N) is 1. The van der Waals surface area contributed by atoms with E-state index in [-0.39, 0.29) is 5.92 Å². The Morgan fingerprint density at radius 1 is 1.00 bits per heavy atom. The Kier molecular flexibility index (Phi) is 5.19. The summed E-state index contributed by atoms with van der Waals surface area (Å²) in [5.41, 5.74) is 4.89. The van der Waals surface area contributed by atoms with E-state index in [9.17, 15) is 5.11 Å². The number of aryl methyl sites for hydroxylation is 2. The molecule has 0 spiro atoms. The van der Waals surface area contributed by atoms with E-state index in [1.807, 2.05) is 12.1 Å². The lowest BCUT2D eigenvalue weighted by atomic mass is 9.81. The van der Waals surface area contributed by atoms with E-state index in [1.54, 1.807) is 0 Å². The van der Waals surface area contributed by atoms with Crippen molar-refractivity contribution in [3.63, 3.8) is 0 Å². The van der Waals surface area contributed by atoms with Gasteiger partial charge in [0.15, 0.2) is 0 Å². The van der Waals surface area contributed by atoms with Crippen LogP contribution in [-0.2, 0) is 0 Å². The van der Waals surface area contributed by atoms with E-state index in [2.05, 4.69) is 58.3 Å². The maximum atomic E-state index is 10.6. The summed E-state index contributed by atoms with van der Waals surface area (Å²) in [6.07, 6.45) is 5.02. The van der Waals surface area contributed by atoms with Gasteiger partial charge in [-0.1, -0.05) is 47.5 Å². The van der Waals surface area contributed by atoms with Gasteiger partial charge < -0.3 is 9.59 Å². The zero-order chi connectivity index (χ0) is 18.0. The first-order valence-corrected chi connectivity index (χ1v) is 9.55. The molecule has 2 atom stereocenters. The number of hydrogen-bond acceptors (Lipinski definition) is 1. The summed E-state index contributed by atoms with van der Waals surface area (Å²) < 4.78 is 1.09. The first-order valence-electron chi connectivity index (χ1n) is 9.55. The minimum atomic E-state index is 0.251. The molecule has 25 heavy (non-hydrogen) atoms. The average Bonchev–Trinajstić information content (AvgIpc) is 2.57. The number of piperidine rings is 1. The van der Waals surface area contributed by atoms with E-state index in [1.165, 1.54) is 42.5 Å². The second kappa shape index (κ2) is 7.21. The van der Waals surface area contributed by atoms with E-state index in [4.69, 9.17) is 0 Å². The number of rotatable bonds is 4. The first-order chi connectivity index (χ1) is 11.9. The highest BCUT2D eigenvalue weighted by molar-refractivity contribution is 5.44. The van der Waals surface area contributed by atoms with Gasteiger partial charge >= 0.3 is 0 Å². The molecule has 3 rings (SSSR count). The number of benzene rings is 2. The monoisotopic (exact) mass is 338 g/mol. The maximum Gasteiger partial charge on any atom is 0.119 e. The van der Waals surface area contributed by atoms with E-state index < -0.39 is 0 Å². The van der Waals surface area contributed by atoms with Gasteiger partial charge in [-0.05, 0) is 44.7 Å². The fourth-order valence-electron chi connectivity index (χ4n) is 4.30. The van der Waals surface area contributed by atoms with Crippen LogP contribution in [0.3, 0.4) is 0 Å². The quantitative estimate of drug-likeness (QED) is 0.764. The molecule has 0 aromatic heterocycles. The van der Waals surface area contributed by atoms with Crippen LogP contribution in [0.5, 0.6) is 5.75 Å². The van der Waals surface area contributed by atoms with Crippen LogP contribution in [0.25, 0.3) is 0 Å². The normalized spacial score (nSPS) is 21.0. The molecule has 1 fully saturated rings. The number of aromatic hydroxyl groups is 1. The predicted octanol–water partition coefficient (Wildman–Crippen LogP) is 5.16. The van der Waals surface area contributed by atoms with Gasteiger partial charge in [-0.15, -0.1) is 0 Å². The molecule has 2 aromatic rings. The Morgan fingerprint density at radius 3 is 2.36 bits per heavy atom. The van der Waals surface area contributed by atoms with Crippen LogP contribution >= 0.6 is 0 Å². The molecule has 134 valence electrons. The lowest BCUT2D eigenvalue weighted by Crippen LogP contribution is -2.52. The third kappa shape index (κ3) is 4.07. The molecule has 2 heteroatoms. The highest BCUT2D eigenvalue weighted by Gasteiger charge is 2.34. The SMILES string of the molecule is Cc1ccc(C(CC2CCCC[N+]2(C)C)c2cc(C)ccc2O)cc1. The fourth-order valence-corrected chi connectivity index (χ4v) is 4.30. The van der Waals surface area contributed by atoms with Crippen LogP contribution in [0.2, 0.25) is 0 Å². The van der Waals surface area contributed by atoms with Crippen LogP contribution < -0.4 is 0 Å². The molecule has 0 amide bonds. The van der Waals surface area contributed by atoms with E-state index in [0.29, 0.717) is 11.8 Å². The predicted molar refractivity (Wildman–Crippen MR) is 105 cm³/mol. The van der Waals surface area contributed by atoms with Gasteiger partial charge in [-0.3, -0.25) is 0 Å². The van der Waals surface area contributed by atoms with Gasteiger partial charge in [0.05, 0.1) is 26.7 Å². The molecule has 2 unspecified atom stereocenters. The highest BCUT2D eigenvalue weighted by Crippen LogP contribution is 2.39. The van der Waals surface area contributed by atoms with Crippen molar-refractivity contribution in [2.75, 3.05) is 20.6 Å². The summed E-state index contributed by atoms with van der Waals surface area (Å²) in [5, 5.41) is 10.6. The topological polar surface area (TPSA) is 20.2 Å². The van der Waals surface area contributed by atoms with Gasteiger partial charge in [-0.25, -0.2) is 0 Å². The smallest absolute Gasteiger partial charge is 0.119 e. The molecule has 1 saturated heterocycles. The van der Waals surface area contributed by atoms with E-state index >= 15 is 0 Å². The summed E-state index contributed by atoms with van der Waals surface area (Å²) in [6, 6.07) is 15.5.